The molecular formula is C6H15OSi. The molecule has 0 spiro atoms. The summed E-state index contributed by atoms with van der Waals surface area (Å²) >= 11 is 0. The summed E-state index contributed by atoms with van der Waals surface area (Å²) in [6, 6.07) is 0.938. The highest BCUT2D eigenvalue weighted by atomic mass is 28.4. The third kappa shape index (κ3) is 6.18. The lowest BCUT2D eigenvalue weighted by molar-refractivity contribution is 0.549. The second kappa shape index (κ2) is 2.64. The first-order valence-corrected chi connectivity index (χ1v) is 6.09. The van der Waals surface area contributed by atoms with Gasteiger partial charge in [0.1, 0.15) is 0 Å². The summed E-state index contributed by atoms with van der Waals surface area (Å²) in [4.78, 5) is 9.31. The predicted octanol–water partition coefficient (Wildman–Crippen LogP) is 1.80. The first kappa shape index (κ1) is 8.18. The first-order chi connectivity index (χ1) is 3.42. The highest BCUT2D eigenvalue weighted by Gasteiger charge is 2.17. The van der Waals surface area contributed by atoms with Crippen LogP contribution in [-0.2, 0) is 0 Å². The third-order valence-electron chi connectivity index (χ3n) is 0.786. The lowest BCUT2D eigenvalue weighted by Gasteiger charge is -2.15. The van der Waals surface area contributed by atoms with E-state index in [1.807, 2.05) is 13.1 Å². The van der Waals surface area contributed by atoms with Gasteiger partial charge < -0.3 is 4.80 Å². The Labute approximate surface area is 52.9 Å². The third-order valence-corrected chi connectivity index (χ3v) is 2.36. The summed E-state index contributed by atoms with van der Waals surface area (Å²) < 4.78 is 0. The lowest BCUT2D eigenvalue weighted by atomic mass is 10.3. The van der Waals surface area contributed by atoms with Crippen molar-refractivity contribution in [1.29, 1.82) is 0 Å². The van der Waals surface area contributed by atoms with E-state index in [1.165, 1.54) is 5.92 Å². The minimum absolute atomic E-state index is 0.938. The molecule has 0 aromatic rings. The highest BCUT2D eigenvalue weighted by molar-refractivity contribution is 6.70. The zero-order valence-electron chi connectivity index (χ0n) is 6.15. The maximum absolute atomic E-state index is 9.31. The molecule has 2 heteroatoms. The standard InChI is InChI=1S/C6H15OSi/c1-6(2)5-8(3,4)7/h7H,5H2,1-4H3. The van der Waals surface area contributed by atoms with Crippen molar-refractivity contribution in [3.8, 4) is 0 Å². The van der Waals surface area contributed by atoms with Crippen LogP contribution in [0, 0.1) is 5.92 Å². The molecule has 1 N–H and O–H groups in total. The molecule has 0 aliphatic heterocycles. The topological polar surface area (TPSA) is 20.2 Å². The molecule has 0 bridgehead atoms. The predicted molar refractivity (Wildman–Crippen MR) is 39.1 cm³/mol. The summed E-state index contributed by atoms with van der Waals surface area (Å²) in [6.07, 6.45) is 0. The Kier molecular flexibility index (Phi) is 2.70. The second-order valence-electron chi connectivity index (χ2n) is 3.20. The average Bonchev–Trinajstić information content (AvgIpc) is 1.21. The molecule has 0 rings (SSSR count). The van der Waals surface area contributed by atoms with Gasteiger partial charge in [-0.15, -0.1) is 0 Å². The van der Waals surface area contributed by atoms with Gasteiger partial charge >= 0.3 is 0 Å². The van der Waals surface area contributed by atoms with Crippen LogP contribution in [0.5, 0.6) is 0 Å². The fraction of sp³-hybridized carbons (Fsp3) is 0.833. The smallest absolute Gasteiger partial charge is 0.183 e. The summed E-state index contributed by atoms with van der Waals surface area (Å²) in [6.45, 7) is 8.04. The molecule has 49 valence electrons. The van der Waals surface area contributed by atoms with Crippen molar-refractivity contribution in [2.45, 2.75) is 33.0 Å². The van der Waals surface area contributed by atoms with Crippen molar-refractivity contribution in [3.05, 3.63) is 5.92 Å². The van der Waals surface area contributed by atoms with Crippen molar-refractivity contribution < 1.29 is 4.80 Å². The highest BCUT2D eigenvalue weighted by Crippen LogP contribution is 2.13. The molecule has 0 aromatic carbocycles. The van der Waals surface area contributed by atoms with E-state index in [0.717, 1.165) is 6.04 Å². The van der Waals surface area contributed by atoms with Crippen LogP contribution in [0.4, 0.5) is 0 Å². The molecular weight excluding hydrogens is 116 g/mol. The molecule has 1 radical (unpaired) electrons. The Balaban J connectivity index is 3.39. The van der Waals surface area contributed by atoms with E-state index in [2.05, 4.69) is 13.8 Å². The van der Waals surface area contributed by atoms with Crippen molar-refractivity contribution in [1.82, 2.24) is 0 Å². The van der Waals surface area contributed by atoms with Gasteiger partial charge in [-0.25, -0.2) is 0 Å². The largest absolute Gasteiger partial charge is 0.432 e. The summed E-state index contributed by atoms with van der Waals surface area (Å²) in [5.41, 5.74) is 0. The van der Waals surface area contributed by atoms with Gasteiger partial charge in [0.05, 0.1) is 0 Å². The molecule has 1 nitrogen and oxygen atoms in total. The van der Waals surface area contributed by atoms with Crippen LogP contribution < -0.4 is 0 Å². The van der Waals surface area contributed by atoms with Crippen LogP contribution in [0.1, 0.15) is 13.8 Å². The molecule has 0 amide bonds. The molecule has 0 fully saturated rings. The fourth-order valence-corrected chi connectivity index (χ4v) is 2.60. The molecule has 0 aromatic heterocycles. The maximum atomic E-state index is 9.31. The van der Waals surface area contributed by atoms with Crippen molar-refractivity contribution in [2.24, 2.45) is 0 Å². The SMILES string of the molecule is C[C](C)C[Si](C)(C)O. The van der Waals surface area contributed by atoms with E-state index < -0.39 is 8.32 Å². The van der Waals surface area contributed by atoms with E-state index in [9.17, 15) is 4.80 Å². The second-order valence-corrected chi connectivity index (χ2v) is 7.17. The molecule has 0 saturated carbocycles. The molecule has 0 unspecified atom stereocenters. The summed E-state index contributed by atoms with van der Waals surface area (Å²) in [5.74, 6) is 1.34. The quantitative estimate of drug-likeness (QED) is 0.567. The van der Waals surface area contributed by atoms with Crippen LogP contribution in [-0.4, -0.2) is 13.1 Å². The molecule has 0 aliphatic carbocycles. The first-order valence-electron chi connectivity index (χ1n) is 2.93. The fourth-order valence-electron chi connectivity index (χ4n) is 0.865. The monoisotopic (exact) mass is 131 g/mol. The number of hydrogen-bond donors (Lipinski definition) is 1. The minimum atomic E-state index is -1.76. The number of rotatable bonds is 2. The van der Waals surface area contributed by atoms with Gasteiger partial charge in [0.15, 0.2) is 8.32 Å². The van der Waals surface area contributed by atoms with E-state index >= 15 is 0 Å². The van der Waals surface area contributed by atoms with Gasteiger partial charge in [-0.05, 0) is 25.1 Å². The van der Waals surface area contributed by atoms with Crippen molar-refractivity contribution in [2.75, 3.05) is 0 Å². The zero-order chi connectivity index (χ0) is 6.78. The van der Waals surface area contributed by atoms with E-state index in [4.69, 9.17) is 0 Å². The maximum Gasteiger partial charge on any atom is 0.183 e. The zero-order valence-corrected chi connectivity index (χ0v) is 7.15. The van der Waals surface area contributed by atoms with Crippen LogP contribution >= 0.6 is 0 Å². The van der Waals surface area contributed by atoms with Gasteiger partial charge in [0, 0.05) is 0 Å². The lowest BCUT2D eigenvalue weighted by Crippen LogP contribution is -2.25. The average molecular weight is 131 g/mol. The van der Waals surface area contributed by atoms with Gasteiger partial charge in [-0.1, -0.05) is 13.8 Å². The Morgan fingerprint density at radius 2 is 1.75 bits per heavy atom. The molecule has 0 saturated heterocycles. The minimum Gasteiger partial charge on any atom is -0.432 e. The van der Waals surface area contributed by atoms with Crippen LogP contribution in [0.25, 0.3) is 0 Å². The Hall–Kier alpha value is 0.177. The summed E-state index contributed by atoms with van der Waals surface area (Å²) in [5, 5.41) is 0. The summed E-state index contributed by atoms with van der Waals surface area (Å²) in [7, 11) is -1.76. The van der Waals surface area contributed by atoms with E-state index in [1.54, 1.807) is 0 Å². The van der Waals surface area contributed by atoms with E-state index in [0.29, 0.717) is 0 Å². The van der Waals surface area contributed by atoms with Crippen molar-refractivity contribution in [3.63, 3.8) is 0 Å². The molecule has 0 aliphatic rings. The van der Waals surface area contributed by atoms with Crippen molar-refractivity contribution >= 4 is 8.32 Å². The molecule has 0 atom stereocenters. The van der Waals surface area contributed by atoms with Gasteiger partial charge in [-0.3, -0.25) is 0 Å². The number of hydrogen-bond acceptors (Lipinski definition) is 1. The van der Waals surface area contributed by atoms with E-state index in [-0.39, 0.29) is 0 Å². The van der Waals surface area contributed by atoms with Gasteiger partial charge in [0.2, 0.25) is 0 Å². The Bertz CT molecular complexity index is 63.4. The molecule has 8 heavy (non-hydrogen) atoms. The van der Waals surface area contributed by atoms with Crippen LogP contribution in [0.3, 0.4) is 0 Å². The van der Waals surface area contributed by atoms with Crippen LogP contribution in [0.2, 0.25) is 19.1 Å². The Morgan fingerprint density at radius 1 is 1.38 bits per heavy atom. The van der Waals surface area contributed by atoms with Gasteiger partial charge in [0.25, 0.3) is 0 Å². The Morgan fingerprint density at radius 3 is 1.75 bits per heavy atom. The van der Waals surface area contributed by atoms with Gasteiger partial charge in [-0.2, -0.15) is 0 Å². The van der Waals surface area contributed by atoms with Crippen LogP contribution in [0.15, 0.2) is 0 Å². The molecule has 0 heterocycles. The normalized spacial score (nSPS) is 12.8.